The second-order valence-corrected chi connectivity index (χ2v) is 32.9. The summed E-state index contributed by atoms with van der Waals surface area (Å²) in [6.07, 6.45) is 7.02. The highest BCUT2D eigenvalue weighted by molar-refractivity contribution is 5.93. The number of carbonyl (C=O) groups is 6. The van der Waals surface area contributed by atoms with Gasteiger partial charge in [-0.05, 0) is 221 Å². The van der Waals surface area contributed by atoms with Crippen molar-refractivity contribution < 1.29 is 64.5 Å². The number of aromatic carboxylic acids is 6. The summed E-state index contributed by atoms with van der Waals surface area (Å²) in [6, 6.07) is 71.8. The summed E-state index contributed by atoms with van der Waals surface area (Å²) in [5.74, 6) is -7.72. The highest BCUT2D eigenvalue weighted by Gasteiger charge is 2.27. The predicted molar refractivity (Wildman–Crippen MR) is 533 cm³/mol. The zero-order valence-electron chi connectivity index (χ0n) is 77.1. The number of carboxylic acids is 6. The topological polar surface area (TPSA) is 492 Å². The smallest absolute Gasteiger partial charge is 0.345 e. The zero-order chi connectivity index (χ0) is 99.1. The average Bonchev–Trinajstić information content (AvgIpc) is 0.803. The first-order valence-electron chi connectivity index (χ1n) is 43.2. The maximum Gasteiger partial charge on any atom is 0.345 e. The van der Waals surface area contributed by atoms with Crippen molar-refractivity contribution in [2.24, 2.45) is 0 Å². The number of pyridine rings is 6. The van der Waals surface area contributed by atoms with Gasteiger partial charge in [-0.15, -0.1) is 0 Å². The van der Waals surface area contributed by atoms with Crippen LogP contribution in [0.2, 0.25) is 0 Å². The van der Waals surface area contributed by atoms with E-state index in [1.807, 2.05) is 272 Å². The fraction of sp³-hybridized carbons (Fsp3) is 0.200. The Morgan fingerprint density at radius 3 is 1.01 bits per heavy atom. The van der Waals surface area contributed by atoms with Gasteiger partial charge in [-0.2, -0.15) is 0 Å². The van der Waals surface area contributed by atoms with Crippen LogP contribution in [0.1, 0.15) is 152 Å². The van der Waals surface area contributed by atoms with E-state index in [9.17, 15) is 78.0 Å². The number of carboxylic acid groups (broad SMARTS) is 6. The van der Waals surface area contributed by atoms with Crippen LogP contribution in [-0.4, -0.2) is 165 Å². The van der Waals surface area contributed by atoms with E-state index in [0.29, 0.717) is 69.6 Å². The van der Waals surface area contributed by atoms with Crippen molar-refractivity contribution >= 4 is 69.9 Å². The molecule has 0 atom stereocenters. The number of rotatable bonds is 23. The minimum atomic E-state index is -1.46. The lowest BCUT2D eigenvalue weighted by Gasteiger charge is -2.24. The Kier molecular flexibility index (Phi) is 34.2. The van der Waals surface area contributed by atoms with Gasteiger partial charge in [-0.25, -0.2) is 28.8 Å². The van der Waals surface area contributed by atoms with Crippen LogP contribution >= 0.6 is 0 Å². The van der Waals surface area contributed by atoms with Gasteiger partial charge in [0.05, 0.1) is 34.2 Å². The minimum absolute atomic E-state index is 0.172. The third-order valence-electron chi connectivity index (χ3n) is 22.7. The van der Waals surface area contributed by atoms with Crippen LogP contribution in [0, 0.1) is 13.8 Å². The summed E-state index contributed by atoms with van der Waals surface area (Å²) in [6.45, 7) is 5.45. The van der Waals surface area contributed by atoms with E-state index in [1.54, 1.807) is 44.2 Å². The van der Waals surface area contributed by atoms with Gasteiger partial charge in [-0.1, -0.05) is 160 Å². The van der Waals surface area contributed by atoms with Crippen LogP contribution in [0.5, 0.6) is 5.75 Å². The largest absolute Gasteiger partial charge is 0.506 e. The highest BCUT2D eigenvalue weighted by atomic mass is 16.4. The third-order valence-corrected chi connectivity index (χ3v) is 22.7. The van der Waals surface area contributed by atoms with E-state index in [0.717, 1.165) is 121 Å². The minimum Gasteiger partial charge on any atom is -0.506 e. The number of H-pyrrole nitrogens is 6. The summed E-state index contributed by atoms with van der Waals surface area (Å²) in [5.41, 5.74) is 20.8. The molecule has 1 fully saturated rings. The Labute approximate surface area is 782 Å². The van der Waals surface area contributed by atoms with E-state index in [-0.39, 0.29) is 34.2 Å². The van der Waals surface area contributed by atoms with Crippen molar-refractivity contribution in [2.45, 2.75) is 78.1 Å². The molecule has 702 valence electrons. The molecule has 6 heterocycles. The van der Waals surface area contributed by atoms with Gasteiger partial charge in [0.2, 0.25) is 0 Å². The van der Waals surface area contributed by atoms with Crippen molar-refractivity contribution in [3.8, 4) is 73.3 Å². The molecule has 31 heteroatoms. The molecule has 1 aliphatic rings. The molecule has 0 radical (unpaired) electrons. The fourth-order valence-electron chi connectivity index (χ4n) is 15.3. The van der Waals surface area contributed by atoms with E-state index in [1.165, 1.54) is 30.7 Å². The molecule has 8 aromatic carbocycles. The molecule has 0 bridgehead atoms. The molecule has 1 aliphatic carbocycles. The van der Waals surface area contributed by atoms with Gasteiger partial charge >= 0.3 is 35.8 Å². The first-order chi connectivity index (χ1) is 64.7. The molecule has 136 heavy (non-hydrogen) atoms. The number of aromatic amines is 6. The lowest BCUT2D eigenvalue weighted by molar-refractivity contribution is 0.0680. The van der Waals surface area contributed by atoms with E-state index in [2.05, 4.69) is 35.2 Å². The van der Waals surface area contributed by atoms with Crippen molar-refractivity contribution in [1.82, 2.24) is 29.9 Å². The summed E-state index contributed by atoms with van der Waals surface area (Å²) in [7, 11) is 17.4. The first kappa shape index (κ1) is 101. The van der Waals surface area contributed by atoms with Gasteiger partial charge in [0, 0.05) is 110 Å². The SMILES string of the molecule is CCc1cc(C(=O)O)c(=O)[nH]c1-c1ccc(N)cc1.CN(C)c1ccc(-c2[nH]c(=O)c(C(=O)O)c(O)c2Cc2ccccc2)cc1.CN(C)c1ccc(-c2[nH]c(=O)c(C(=O)O)cc2C2CCCCC2)cc1.CN(C)c1ccc(-c2[nH]c(=O)c(C(=O)O)cc2Cc2ccccc2)cc1.CNc1ccc(-c2[nH]c(=O)c(C(=O)O)cc2C)cc1.Cc1cc(C(=O)O)c(=O)[nH]c1-c1ccc(N(C)C)cc1. The van der Waals surface area contributed by atoms with Crippen molar-refractivity contribution in [3.05, 3.63) is 377 Å². The Morgan fingerprint density at radius 1 is 0.353 bits per heavy atom. The van der Waals surface area contributed by atoms with Crippen LogP contribution in [-0.2, 0) is 19.3 Å². The Hall–Kier alpha value is -17.1. The molecule has 0 saturated heterocycles. The quantitative estimate of drug-likeness (QED) is 0.0264. The molecule has 31 nitrogen and oxygen atoms in total. The van der Waals surface area contributed by atoms with Gasteiger partial charge in [0.1, 0.15) is 33.6 Å². The number of benzene rings is 8. The second kappa shape index (κ2) is 46.1. The fourth-order valence-corrected chi connectivity index (χ4v) is 15.3. The molecule has 0 unspecified atom stereocenters. The lowest BCUT2D eigenvalue weighted by Crippen LogP contribution is -2.21. The maximum atomic E-state index is 12.3. The number of aromatic hydroxyl groups is 1. The van der Waals surface area contributed by atoms with Gasteiger partial charge < -0.3 is 96.3 Å². The van der Waals surface area contributed by atoms with E-state index in [4.69, 9.17) is 21.1 Å². The molecule has 0 aliphatic heterocycles. The van der Waals surface area contributed by atoms with Crippen LogP contribution < -0.4 is 64.0 Å². The number of nitrogen functional groups attached to an aromatic ring is 1. The standard InChI is InChI=1S/C21H20N2O4.C21H20N2O3.C20H24N2O3.C15H16N2O3.2C14H14N2O3/c1-23(2)15-10-8-14(9-11-15)18-16(12-13-6-4-3-5-7-13)19(24)17(21(26)27)20(25)22-18;1-23(2)17-10-8-15(9-11-17)19-16(12-14-6-4-3-5-7-14)13-18(21(25)26)20(24)22-19;1-22(2)15-10-8-14(9-11-15)18-16(13-6-4-3-5-7-13)12-17(20(24)25)19(23)21-18;1-9-8-12(15(19)20)14(18)16-13(9)10-4-6-11(7-5-10)17(2)3;1-8-7-11(14(18)19)13(17)16-12(8)9-3-5-10(15-2)6-4-9;1-2-8-7-11(14(18)19)13(17)16-12(8)9-3-5-10(15)6-4-9/h3-11H,12H2,1-2H3,(H,26,27)(H2,22,24,25);3-11,13H,12H2,1-2H3,(H,22,24)(H,25,26);8-13H,3-7H2,1-2H3,(H,21,23)(H,24,25);4-8H,1-3H3,(H,16,18)(H,19,20);3-7,15H,1-2H3,(H,16,17)(H,18,19);3-7H,2,15H2,1H3,(H,16,17)(H,18,19). The number of anilines is 6. The molecule has 14 aromatic rings. The monoisotopic (exact) mass is 1840 g/mol. The van der Waals surface area contributed by atoms with Gasteiger partial charge in [0.15, 0.2) is 5.56 Å². The Morgan fingerprint density at radius 2 is 0.654 bits per heavy atom. The second-order valence-electron chi connectivity index (χ2n) is 32.9. The molecular weight excluding hydrogens is 1730 g/mol. The first-order valence-corrected chi connectivity index (χ1v) is 43.2. The lowest BCUT2D eigenvalue weighted by atomic mass is 9.82. The average molecular weight is 1840 g/mol. The maximum absolute atomic E-state index is 12.3. The molecule has 0 spiro atoms. The molecule has 0 amide bonds. The van der Waals surface area contributed by atoms with Crippen molar-refractivity contribution in [1.29, 1.82) is 0 Å². The Bertz CT molecular complexity index is 7020. The number of hydrogen-bond donors (Lipinski definition) is 15. The number of hydrogen-bond acceptors (Lipinski definition) is 19. The van der Waals surface area contributed by atoms with Crippen LogP contribution in [0.15, 0.2) is 265 Å². The Balaban J connectivity index is 0.000000170. The van der Waals surface area contributed by atoms with Crippen molar-refractivity contribution in [3.63, 3.8) is 0 Å². The number of nitrogens with one attached hydrogen (secondary N) is 7. The summed E-state index contributed by atoms with van der Waals surface area (Å²) in [5, 5.41) is 68.3. The number of aromatic nitrogens is 6. The van der Waals surface area contributed by atoms with Crippen LogP contribution in [0.4, 0.5) is 34.1 Å². The molecule has 6 aromatic heterocycles. The van der Waals surface area contributed by atoms with Gasteiger partial charge in [0.25, 0.3) is 33.4 Å². The number of nitrogens with zero attached hydrogens (tertiary/aromatic N) is 4. The summed E-state index contributed by atoms with van der Waals surface area (Å²) < 4.78 is 0. The number of nitrogens with two attached hydrogens (primary N) is 1. The molecular formula is C105H108N12O19. The molecule has 1 saturated carbocycles. The van der Waals surface area contributed by atoms with Crippen LogP contribution in [0.3, 0.4) is 0 Å². The third kappa shape index (κ3) is 25.8. The number of aryl methyl sites for hydroxylation is 3. The van der Waals surface area contributed by atoms with E-state index < -0.39 is 80.5 Å². The zero-order valence-corrected chi connectivity index (χ0v) is 77.1. The summed E-state index contributed by atoms with van der Waals surface area (Å²) in [4.78, 5) is 163. The molecule has 15 rings (SSSR count). The highest BCUT2D eigenvalue weighted by Crippen LogP contribution is 2.39. The van der Waals surface area contributed by atoms with Crippen molar-refractivity contribution in [2.75, 3.05) is 94.1 Å². The summed E-state index contributed by atoms with van der Waals surface area (Å²) >= 11 is 0. The van der Waals surface area contributed by atoms with Gasteiger partial charge in [-0.3, -0.25) is 28.8 Å². The normalized spacial score (nSPS) is 11.3. The van der Waals surface area contributed by atoms with Crippen LogP contribution in [0.25, 0.3) is 67.5 Å². The predicted octanol–water partition coefficient (Wildman–Crippen LogP) is 16.4. The van der Waals surface area contributed by atoms with E-state index >= 15 is 0 Å². The molecule has 16 N–H and O–H groups in total.